The molecule has 0 aliphatic rings. The first kappa shape index (κ1) is 15.6. The summed E-state index contributed by atoms with van der Waals surface area (Å²) in [6, 6.07) is 17.2. The highest BCUT2D eigenvalue weighted by molar-refractivity contribution is 5.68. The van der Waals surface area contributed by atoms with Crippen LogP contribution in [0.15, 0.2) is 48.5 Å². The molecule has 0 aliphatic heterocycles. The Morgan fingerprint density at radius 3 is 1.24 bits per heavy atom. The zero-order valence-electron chi connectivity index (χ0n) is 14.1. The van der Waals surface area contributed by atoms with Crippen LogP contribution in [0.1, 0.15) is 52.7 Å². The summed E-state index contributed by atoms with van der Waals surface area (Å²) in [4.78, 5) is 0. The smallest absolute Gasteiger partial charge is 0.0422 e. The fraction of sp³-hybridized carbons (Fsp3) is 0.400. The minimum absolute atomic E-state index is 0.125. The van der Waals surface area contributed by atoms with Gasteiger partial charge in [-0.25, -0.2) is 0 Å². The van der Waals surface area contributed by atoms with Crippen molar-refractivity contribution >= 4 is 11.4 Å². The second kappa shape index (κ2) is 5.55. The summed E-state index contributed by atoms with van der Waals surface area (Å²) in [6.45, 7) is 13.5. The van der Waals surface area contributed by atoms with Crippen molar-refractivity contribution in [1.29, 1.82) is 0 Å². The molecule has 0 spiro atoms. The molecule has 2 aromatic carbocycles. The maximum absolute atomic E-state index is 3.65. The lowest BCUT2D eigenvalue weighted by Crippen LogP contribution is -2.16. The van der Waals surface area contributed by atoms with Gasteiger partial charge in [0.2, 0.25) is 0 Å². The highest BCUT2D eigenvalue weighted by Gasteiger charge is 2.20. The maximum atomic E-state index is 3.65. The molecule has 1 N–H and O–H groups in total. The molecule has 0 heterocycles. The molecule has 2 aromatic rings. The minimum Gasteiger partial charge on any atom is -0.355 e. The van der Waals surface area contributed by atoms with Gasteiger partial charge in [0.15, 0.2) is 0 Å². The fourth-order valence-electron chi connectivity index (χ4n) is 2.64. The first-order valence-electron chi connectivity index (χ1n) is 7.65. The molecule has 1 heteroatoms. The van der Waals surface area contributed by atoms with E-state index in [9.17, 15) is 0 Å². The van der Waals surface area contributed by atoms with Crippen LogP contribution in [0.5, 0.6) is 0 Å². The predicted octanol–water partition coefficient (Wildman–Crippen LogP) is 6.03. The molecule has 112 valence electrons. The van der Waals surface area contributed by atoms with Gasteiger partial charge in [0, 0.05) is 11.4 Å². The van der Waals surface area contributed by atoms with Crippen LogP contribution in [0.4, 0.5) is 11.4 Å². The molecule has 0 aromatic heterocycles. The Morgan fingerprint density at radius 2 is 0.905 bits per heavy atom. The Labute approximate surface area is 129 Å². The van der Waals surface area contributed by atoms with Crippen molar-refractivity contribution in [3.8, 4) is 0 Å². The molecular formula is C20H27N. The summed E-state index contributed by atoms with van der Waals surface area (Å²) in [5.41, 5.74) is 5.33. The van der Waals surface area contributed by atoms with Gasteiger partial charge in [0.1, 0.15) is 0 Å². The molecule has 0 radical (unpaired) electrons. The van der Waals surface area contributed by atoms with Crippen molar-refractivity contribution < 1.29 is 0 Å². The lowest BCUT2D eigenvalue weighted by atomic mass is 9.84. The summed E-state index contributed by atoms with van der Waals surface area (Å²) in [6.07, 6.45) is 0. The van der Waals surface area contributed by atoms with E-state index in [4.69, 9.17) is 0 Å². The second-order valence-electron chi connectivity index (χ2n) is 7.72. The lowest BCUT2D eigenvalue weighted by Gasteiger charge is -2.27. The lowest BCUT2D eigenvalue weighted by molar-refractivity contribution is 0.589. The Morgan fingerprint density at radius 1 is 0.571 bits per heavy atom. The average Bonchev–Trinajstić information content (AvgIpc) is 2.37. The SMILES string of the molecule is CC(C)(C)c1ccccc1Nc1ccccc1C(C)(C)C. The standard InChI is InChI=1S/C20H27N/c1-19(2,3)15-11-7-9-13-17(15)21-18-14-10-8-12-16(18)20(4,5)6/h7-14,21H,1-6H3. The van der Waals surface area contributed by atoms with Crippen LogP contribution in [-0.2, 0) is 10.8 Å². The van der Waals surface area contributed by atoms with Crippen LogP contribution in [-0.4, -0.2) is 0 Å². The summed E-state index contributed by atoms with van der Waals surface area (Å²) in [7, 11) is 0. The van der Waals surface area contributed by atoms with E-state index in [-0.39, 0.29) is 10.8 Å². The molecule has 0 aliphatic carbocycles. The van der Waals surface area contributed by atoms with Gasteiger partial charge in [-0.05, 0) is 34.1 Å². The second-order valence-corrected chi connectivity index (χ2v) is 7.72. The predicted molar refractivity (Wildman–Crippen MR) is 93.6 cm³/mol. The van der Waals surface area contributed by atoms with Gasteiger partial charge in [-0.2, -0.15) is 0 Å². The number of hydrogen-bond acceptors (Lipinski definition) is 1. The third-order valence-electron chi connectivity index (χ3n) is 3.74. The largest absolute Gasteiger partial charge is 0.355 e. The normalized spacial score (nSPS) is 12.3. The number of anilines is 2. The van der Waals surface area contributed by atoms with E-state index in [0.29, 0.717) is 0 Å². The van der Waals surface area contributed by atoms with E-state index in [1.807, 2.05) is 0 Å². The van der Waals surface area contributed by atoms with Crippen LogP contribution < -0.4 is 5.32 Å². The van der Waals surface area contributed by atoms with Gasteiger partial charge in [0.25, 0.3) is 0 Å². The van der Waals surface area contributed by atoms with Crippen molar-refractivity contribution in [3.63, 3.8) is 0 Å². The molecule has 0 unspecified atom stereocenters. The van der Waals surface area contributed by atoms with E-state index in [2.05, 4.69) is 95.4 Å². The van der Waals surface area contributed by atoms with E-state index in [0.717, 1.165) is 0 Å². The van der Waals surface area contributed by atoms with Crippen LogP contribution in [0.25, 0.3) is 0 Å². The van der Waals surface area contributed by atoms with Gasteiger partial charge in [-0.1, -0.05) is 77.9 Å². The van der Waals surface area contributed by atoms with E-state index in [1.54, 1.807) is 0 Å². The van der Waals surface area contributed by atoms with E-state index < -0.39 is 0 Å². The molecule has 0 fully saturated rings. The van der Waals surface area contributed by atoms with Gasteiger partial charge in [-0.3, -0.25) is 0 Å². The number of hydrogen-bond donors (Lipinski definition) is 1. The Kier molecular flexibility index (Phi) is 4.13. The number of nitrogens with one attached hydrogen (secondary N) is 1. The van der Waals surface area contributed by atoms with Crippen LogP contribution in [0.2, 0.25) is 0 Å². The van der Waals surface area contributed by atoms with Crippen LogP contribution in [0, 0.1) is 0 Å². The molecule has 1 nitrogen and oxygen atoms in total. The third kappa shape index (κ3) is 3.66. The van der Waals surface area contributed by atoms with E-state index >= 15 is 0 Å². The monoisotopic (exact) mass is 281 g/mol. The summed E-state index contributed by atoms with van der Waals surface area (Å²) in [5, 5.41) is 3.65. The Bertz CT molecular complexity index is 557. The highest BCUT2D eigenvalue weighted by Crippen LogP contribution is 2.35. The number of para-hydroxylation sites is 2. The Balaban J connectivity index is 2.45. The topological polar surface area (TPSA) is 12.0 Å². The van der Waals surface area contributed by atoms with Crippen molar-refractivity contribution in [3.05, 3.63) is 59.7 Å². The summed E-state index contributed by atoms with van der Waals surface area (Å²) < 4.78 is 0. The van der Waals surface area contributed by atoms with Gasteiger partial charge in [-0.15, -0.1) is 0 Å². The molecule has 0 amide bonds. The van der Waals surface area contributed by atoms with Crippen molar-refractivity contribution in [2.75, 3.05) is 5.32 Å². The molecule has 2 rings (SSSR count). The average molecular weight is 281 g/mol. The first-order chi connectivity index (χ1) is 9.69. The molecule has 0 bridgehead atoms. The molecule has 0 saturated heterocycles. The van der Waals surface area contributed by atoms with E-state index in [1.165, 1.54) is 22.5 Å². The molecular weight excluding hydrogens is 254 g/mol. The van der Waals surface area contributed by atoms with Gasteiger partial charge >= 0.3 is 0 Å². The zero-order valence-corrected chi connectivity index (χ0v) is 14.1. The van der Waals surface area contributed by atoms with Crippen molar-refractivity contribution in [2.24, 2.45) is 0 Å². The quantitative estimate of drug-likeness (QED) is 0.709. The Hall–Kier alpha value is -1.76. The molecule has 21 heavy (non-hydrogen) atoms. The van der Waals surface area contributed by atoms with Gasteiger partial charge < -0.3 is 5.32 Å². The zero-order chi connectivity index (χ0) is 15.7. The van der Waals surface area contributed by atoms with Crippen molar-refractivity contribution in [1.82, 2.24) is 0 Å². The van der Waals surface area contributed by atoms with Crippen molar-refractivity contribution in [2.45, 2.75) is 52.4 Å². The molecule has 0 atom stereocenters. The highest BCUT2D eigenvalue weighted by atomic mass is 14.9. The number of benzene rings is 2. The maximum Gasteiger partial charge on any atom is 0.0422 e. The summed E-state index contributed by atoms with van der Waals surface area (Å²) in [5.74, 6) is 0. The summed E-state index contributed by atoms with van der Waals surface area (Å²) >= 11 is 0. The van der Waals surface area contributed by atoms with Gasteiger partial charge in [0.05, 0.1) is 0 Å². The number of rotatable bonds is 2. The first-order valence-corrected chi connectivity index (χ1v) is 7.65. The van der Waals surface area contributed by atoms with Crippen LogP contribution >= 0.6 is 0 Å². The fourth-order valence-corrected chi connectivity index (χ4v) is 2.64. The minimum atomic E-state index is 0.125. The van der Waals surface area contributed by atoms with Crippen LogP contribution in [0.3, 0.4) is 0 Å². The third-order valence-corrected chi connectivity index (χ3v) is 3.74. The molecule has 0 saturated carbocycles.